The van der Waals surface area contributed by atoms with Gasteiger partial charge < -0.3 is 14.8 Å². The Kier molecular flexibility index (Phi) is 7.48. The van der Waals surface area contributed by atoms with Gasteiger partial charge in [0.05, 0.1) is 11.0 Å². The Morgan fingerprint density at radius 3 is 2.75 bits per heavy atom. The molecule has 1 fully saturated rings. The molecule has 0 saturated heterocycles. The first-order valence-electron chi connectivity index (χ1n) is 8.41. The maximum absolute atomic E-state index is 11.7. The first-order chi connectivity index (χ1) is 11.7. The van der Waals surface area contributed by atoms with E-state index in [-0.39, 0.29) is 24.0 Å². The molecule has 1 amide bonds. The van der Waals surface area contributed by atoms with E-state index < -0.39 is 4.92 Å². The van der Waals surface area contributed by atoms with E-state index in [1.165, 1.54) is 31.4 Å². The zero-order chi connectivity index (χ0) is 17.2. The van der Waals surface area contributed by atoms with Crippen molar-refractivity contribution < 1.29 is 19.2 Å². The van der Waals surface area contributed by atoms with Crippen molar-refractivity contribution >= 4 is 11.6 Å². The van der Waals surface area contributed by atoms with Gasteiger partial charge in [-0.25, -0.2) is 0 Å². The van der Waals surface area contributed by atoms with Crippen LogP contribution in [0.4, 0.5) is 5.69 Å². The minimum Gasteiger partial charge on any atom is -0.477 e. The second-order valence-electron chi connectivity index (χ2n) is 5.85. The average molecular weight is 336 g/mol. The van der Waals surface area contributed by atoms with Crippen molar-refractivity contribution in [3.63, 3.8) is 0 Å². The van der Waals surface area contributed by atoms with Gasteiger partial charge in [0.15, 0.2) is 12.4 Å². The number of benzene rings is 1. The number of nitrogens with one attached hydrogen (secondary N) is 1. The molecule has 0 atom stereocenters. The molecule has 1 aromatic rings. The second kappa shape index (κ2) is 9.87. The number of para-hydroxylation sites is 2. The van der Waals surface area contributed by atoms with E-state index in [0.717, 1.165) is 19.3 Å². The molecular weight excluding hydrogens is 312 g/mol. The summed E-state index contributed by atoms with van der Waals surface area (Å²) in [5.41, 5.74) is -0.147. The third kappa shape index (κ3) is 6.16. The van der Waals surface area contributed by atoms with Crippen molar-refractivity contribution in [1.82, 2.24) is 5.32 Å². The van der Waals surface area contributed by atoms with Gasteiger partial charge in [0, 0.05) is 19.2 Å². The fourth-order valence-electron chi connectivity index (χ4n) is 2.71. The minimum absolute atomic E-state index is 0.0956. The normalized spacial score (nSPS) is 15.0. The maximum Gasteiger partial charge on any atom is 0.310 e. The fourth-order valence-corrected chi connectivity index (χ4v) is 2.71. The summed E-state index contributed by atoms with van der Waals surface area (Å²) in [5, 5.41) is 13.6. The monoisotopic (exact) mass is 336 g/mol. The first kappa shape index (κ1) is 18.2. The molecule has 0 heterocycles. The zero-order valence-corrected chi connectivity index (χ0v) is 13.7. The van der Waals surface area contributed by atoms with Crippen LogP contribution in [0.5, 0.6) is 5.75 Å². The Bertz CT molecular complexity index is 544. The van der Waals surface area contributed by atoms with Crippen molar-refractivity contribution in [2.45, 2.75) is 44.6 Å². The first-order valence-corrected chi connectivity index (χ1v) is 8.41. The summed E-state index contributed by atoms with van der Waals surface area (Å²) in [6.45, 7) is 0.899. The van der Waals surface area contributed by atoms with Gasteiger partial charge in [0.1, 0.15) is 0 Å². The predicted octanol–water partition coefficient (Wildman–Crippen LogP) is 2.83. The lowest BCUT2D eigenvalue weighted by molar-refractivity contribution is -0.385. The third-order valence-electron chi connectivity index (χ3n) is 3.97. The van der Waals surface area contributed by atoms with Crippen LogP contribution in [0.2, 0.25) is 0 Å². The highest BCUT2D eigenvalue weighted by Gasteiger charge is 2.15. The number of ether oxygens (including phenoxy) is 2. The summed E-state index contributed by atoms with van der Waals surface area (Å²) >= 11 is 0. The van der Waals surface area contributed by atoms with Gasteiger partial charge in [-0.05, 0) is 25.3 Å². The van der Waals surface area contributed by atoms with Crippen molar-refractivity contribution in [2.75, 3.05) is 19.8 Å². The number of carbonyl (C=O) groups is 1. The van der Waals surface area contributed by atoms with Crippen LogP contribution in [-0.2, 0) is 9.53 Å². The van der Waals surface area contributed by atoms with E-state index in [9.17, 15) is 14.9 Å². The second-order valence-corrected chi connectivity index (χ2v) is 5.85. The van der Waals surface area contributed by atoms with E-state index in [4.69, 9.17) is 9.47 Å². The van der Waals surface area contributed by atoms with Gasteiger partial charge in [-0.15, -0.1) is 0 Å². The Balaban J connectivity index is 1.59. The molecule has 1 saturated carbocycles. The number of nitro benzene ring substituents is 1. The summed E-state index contributed by atoms with van der Waals surface area (Å²) in [6.07, 6.45) is 7.17. The van der Waals surface area contributed by atoms with Gasteiger partial charge in [-0.3, -0.25) is 14.9 Å². The smallest absolute Gasteiger partial charge is 0.310 e. The summed E-state index contributed by atoms with van der Waals surface area (Å²) in [4.78, 5) is 22.0. The molecule has 1 aliphatic carbocycles. The fraction of sp³-hybridized carbons (Fsp3) is 0.588. The van der Waals surface area contributed by atoms with Gasteiger partial charge in [0.25, 0.3) is 5.91 Å². The van der Waals surface area contributed by atoms with Gasteiger partial charge >= 0.3 is 5.69 Å². The molecule has 0 unspecified atom stereocenters. The number of nitrogens with zero attached hydrogens (tertiary/aromatic N) is 1. The number of hydrogen-bond acceptors (Lipinski definition) is 5. The molecule has 1 aliphatic rings. The van der Waals surface area contributed by atoms with Crippen molar-refractivity contribution in [2.24, 2.45) is 0 Å². The lowest BCUT2D eigenvalue weighted by atomic mass is 9.98. The molecule has 7 heteroatoms. The standard InChI is InChI=1S/C17H24N2O5/c20-17(13-24-16-10-5-4-9-15(16)19(21)22)18-11-6-12-23-14-7-2-1-3-8-14/h4-5,9-10,14H,1-3,6-8,11-13H2,(H,18,20). The van der Waals surface area contributed by atoms with Crippen LogP contribution >= 0.6 is 0 Å². The number of hydrogen-bond donors (Lipinski definition) is 1. The van der Waals surface area contributed by atoms with Crippen LogP contribution in [0.25, 0.3) is 0 Å². The van der Waals surface area contributed by atoms with Gasteiger partial charge in [-0.1, -0.05) is 31.4 Å². The molecule has 132 valence electrons. The third-order valence-corrected chi connectivity index (χ3v) is 3.97. The van der Waals surface area contributed by atoms with Crippen molar-refractivity contribution in [1.29, 1.82) is 0 Å². The van der Waals surface area contributed by atoms with Crippen LogP contribution in [0.3, 0.4) is 0 Å². The quantitative estimate of drug-likeness (QED) is 0.425. The lowest BCUT2D eigenvalue weighted by Crippen LogP contribution is -2.30. The van der Waals surface area contributed by atoms with E-state index in [1.807, 2.05) is 0 Å². The van der Waals surface area contributed by atoms with E-state index in [1.54, 1.807) is 12.1 Å². The molecule has 0 spiro atoms. The van der Waals surface area contributed by atoms with E-state index in [0.29, 0.717) is 19.3 Å². The highest BCUT2D eigenvalue weighted by atomic mass is 16.6. The highest BCUT2D eigenvalue weighted by Crippen LogP contribution is 2.25. The molecule has 0 radical (unpaired) electrons. The van der Waals surface area contributed by atoms with Crippen LogP contribution < -0.4 is 10.1 Å². The van der Waals surface area contributed by atoms with Crippen LogP contribution in [0.15, 0.2) is 24.3 Å². The number of amides is 1. The molecule has 0 bridgehead atoms. The Morgan fingerprint density at radius 2 is 2.00 bits per heavy atom. The molecule has 24 heavy (non-hydrogen) atoms. The lowest BCUT2D eigenvalue weighted by Gasteiger charge is -2.21. The number of carbonyl (C=O) groups excluding carboxylic acids is 1. The Hall–Kier alpha value is -2.15. The largest absolute Gasteiger partial charge is 0.477 e. The summed E-state index contributed by atoms with van der Waals surface area (Å²) in [6, 6.07) is 6.00. The summed E-state index contributed by atoms with van der Waals surface area (Å²) in [5.74, 6) is -0.205. The molecule has 0 aliphatic heterocycles. The number of nitro groups is 1. The molecule has 1 aromatic carbocycles. The van der Waals surface area contributed by atoms with Crippen molar-refractivity contribution in [3.8, 4) is 5.75 Å². The van der Waals surface area contributed by atoms with Gasteiger partial charge in [0.2, 0.25) is 0 Å². The molecular formula is C17H24N2O5. The van der Waals surface area contributed by atoms with Crippen LogP contribution in [0.1, 0.15) is 38.5 Å². The Labute approximate surface area is 141 Å². The molecule has 2 rings (SSSR count). The topological polar surface area (TPSA) is 90.7 Å². The predicted molar refractivity (Wildman–Crippen MR) is 89.0 cm³/mol. The SMILES string of the molecule is O=C(COc1ccccc1[N+](=O)[O-])NCCCOC1CCCCC1. The summed E-state index contributed by atoms with van der Waals surface area (Å²) < 4.78 is 11.0. The minimum atomic E-state index is -0.532. The molecule has 1 N–H and O–H groups in total. The molecule has 7 nitrogen and oxygen atoms in total. The Morgan fingerprint density at radius 1 is 1.25 bits per heavy atom. The van der Waals surface area contributed by atoms with Gasteiger partial charge in [-0.2, -0.15) is 0 Å². The molecule has 0 aromatic heterocycles. The average Bonchev–Trinajstić information content (AvgIpc) is 2.60. The zero-order valence-electron chi connectivity index (χ0n) is 13.7. The van der Waals surface area contributed by atoms with E-state index >= 15 is 0 Å². The van der Waals surface area contributed by atoms with E-state index in [2.05, 4.69) is 5.32 Å². The maximum atomic E-state index is 11.7. The number of rotatable bonds is 9. The summed E-state index contributed by atoms with van der Waals surface area (Å²) in [7, 11) is 0. The van der Waals surface area contributed by atoms with Crippen molar-refractivity contribution in [3.05, 3.63) is 34.4 Å². The van der Waals surface area contributed by atoms with Crippen LogP contribution in [-0.4, -0.2) is 36.7 Å². The highest BCUT2D eigenvalue weighted by molar-refractivity contribution is 5.77. The van der Waals surface area contributed by atoms with Crippen LogP contribution in [0, 0.1) is 10.1 Å².